The third-order valence-corrected chi connectivity index (χ3v) is 3.72. The van der Waals surface area contributed by atoms with Gasteiger partial charge < -0.3 is 16.2 Å². The van der Waals surface area contributed by atoms with Crippen molar-refractivity contribution in [3.8, 4) is 0 Å². The highest BCUT2D eigenvalue weighted by atomic mass is 127. The first kappa shape index (κ1) is 14.6. The van der Waals surface area contributed by atoms with Crippen LogP contribution in [0.4, 0.5) is 21.5 Å². The molecule has 20 heavy (non-hydrogen) atoms. The van der Waals surface area contributed by atoms with Crippen molar-refractivity contribution in [3.63, 3.8) is 0 Å². The topological polar surface area (TPSA) is 75.3 Å². The van der Waals surface area contributed by atoms with Crippen LogP contribution in [-0.2, 0) is 0 Å². The molecule has 4 N–H and O–H groups in total. The minimum atomic E-state index is -1.08. The normalized spacial score (nSPS) is 10.3. The molecule has 6 heteroatoms. The second-order valence-corrected chi connectivity index (χ2v) is 5.47. The van der Waals surface area contributed by atoms with E-state index < -0.39 is 5.97 Å². The number of anilines is 3. The molecule has 0 radical (unpaired) electrons. The molecule has 2 rings (SSSR count). The highest BCUT2D eigenvalue weighted by molar-refractivity contribution is 14.1. The number of carboxylic acids is 1. The van der Waals surface area contributed by atoms with E-state index in [1.807, 2.05) is 22.6 Å². The number of aryl methyl sites for hydroxylation is 1. The van der Waals surface area contributed by atoms with Crippen LogP contribution in [0.5, 0.6) is 0 Å². The minimum Gasteiger partial charge on any atom is -0.478 e. The predicted octanol–water partition coefficient (Wildman–Crippen LogP) is 3.76. The largest absolute Gasteiger partial charge is 0.478 e. The molecule has 0 aromatic heterocycles. The van der Waals surface area contributed by atoms with E-state index in [1.54, 1.807) is 19.1 Å². The number of hydrogen-bond acceptors (Lipinski definition) is 3. The van der Waals surface area contributed by atoms with Crippen LogP contribution in [0.1, 0.15) is 15.9 Å². The van der Waals surface area contributed by atoms with Crippen molar-refractivity contribution in [2.75, 3.05) is 11.1 Å². The van der Waals surface area contributed by atoms with Gasteiger partial charge in [0.15, 0.2) is 0 Å². The first-order chi connectivity index (χ1) is 9.38. The zero-order valence-electron chi connectivity index (χ0n) is 10.6. The number of rotatable bonds is 3. The molecule has 2 aromatic carbocycles. The lowest BCUT2D eigenvalue weighted by atomic mass is 10.1. The highest BCUT2D eigenvalue weighted by Gasteiger charge is 2.12. The standard InChI is InChI=1S/C14H12FIN2O2/c1-7-4-9(6-10(13(7)17)14(19)20)18-12-3-2-8(15)5-11(12)16/h2-6,18H,17H2,1H3,(H,19,20). The van der Waals surface area contributed by atoms with E-state index in [9.17, 15) is 9.18 Å². The van der Waals surface area contributed by atoms with E-state index in [0.29, 0.717) is 20.5 Å². The summed E-state index contributed by atoms with van der Waals surface area (Å²) in [5.41, 5.74) is 8.00. The minimum absolute atomic E-state index is 0.0459. The quantitative estimate of drug-likeness (QED) is 0.555. The van der Waals surface area contributed by atoms with Gasteiger partial charge in [0.25, 0.3) is 0 Å². The van der Waals surface area contributed by atoms with Crippen molar-refractivity contribution < 1.29 is 14.3 Å². The fourth-order valence-electron chi connectivity index (χ4n) is 1.79. The lowest BCUT2D eigenvalue weighted by molar-refractivity contribution is 0.0698. The lowest BCUT2D eigenvalue weighted by Gasteiger charge is -2.12. The van der Waals surface area contributed by atoms with E-state index in [2.05, 4.69) is 5.32 Å². The molecule has 0 fully saturated rings. The summed E-state index contributed by atoms with van der Waals surface area (Å²) in [4.78, 5) is 11.1. The third kappa shape index (κ3) is 3.01. The van der Waals surface area contributed by atoms with Crippen molar-refractivity contribution in [1.29, 1.82) is 0 Å². The van der Waals surface area contributed by atoms with Crippen LogP contribution in [0.2, 0.25) is 0 Å². The Bertz CT molecular complexity index is 689. The number of benzene rings is 2. The maximum Gasteiger partial charge on any atom is 0.337 e. The smallest absolute Gasteiger partial charge is 0.337 e. The summed E-state index contributed by atoms with van der Waals surface area (Å²) in [7, 11) is 0. The number of nitrogen functional groups attached to an aromatic ring is 1. The Kier molecular flexibility index (Phi) is 4.12. The van der Waals surface area contributed by atoms with E-state index in [0.717, 1.165) is 0 Å². The zero-order valence-corrected chi connectivity index (χ0v) is 12.7. The average molecular weight is 386 g/mol. The number of aromatic carboxylic acids is 1. The summed E-state index contributed by atoms with van der Waals surface area (Å²) in [6, 6.07) is 7.55. The Balaban J connectivity index is 2.41. The third-order valence-electron chi connectivity index (χ3n) is 2.83. The van der Waals surface area contributed by atoms with Crippen LogP contribution in [0.25, 0.3) is 0 Å². The summed E-state index contributed by atoms with van der Waals surface area (Å²) in [5.74, 6) is -1.40. The number of hydrogen-bond donors (Lipinski definition) is 3. The summed E-state index contributed by atoms with van der Waals surface area (Å²) in [6.45, 7) is 1.74. The van der Waals surface area contributed by atoms with Gasteiger partial charge in [0.05, 0.1) is 11.3 Å². The van der Waals surface area contributed by atoms with Crippen molar-refractivity contribution in [3.05, 3.63) is 50.8 Å². The van der Waals surface area contributed by atoms with Crippen LogP contribution >= 0.6 is 22.6 Å². The van der Waals surface area contributed by atoms with Gasteiger partial charge in [-0.15, -0.1) is 0 Å². The highest BCUT2D eigenvalue weighted by Crippen LogP contribution is 2.27. The molecule has 104 valence electrons. The Morgan fingerprint density at radius 2 is 2.05 bits per heavy atom. The maximum atomic E-state index is 13.0. The Morgan fingerprint density at radius 3 is 2.65 bits per heavy atom. The number of nitrogens with two attached hydrogens (primary N) is 1. The number of carboxylic acid groups (broad SMARTS) is 1. The molecule has 0 saturated carbocycles. The molecule has 0 bridgehead atoms. The number of carbonyl (C=O) groups is 1. The second-order valence-electron chi connectivity index (χ2n) is 4.31. The van der Waals surface area contributed by atoms with Gasteiger partial charge in [-0.25, -0.2) is 9.18 Å². The monoisotopic (exact) mass is 386 g/mol. The van der Waals surface area contributed by atoms with Crippen molar-refractivity contribution >= 4 is 45.6 Å². The van der Waals surface area contributed by atoms with Crippen molar-refractivity contribution in [1.82, 2.24) is 0 Å². The molecule has 0 saturated heterocycles. The summed E-state index contributed by atoms with van der Waals surface area (Å²) < 4.78 is 13.7. The van der Waals surface area contributed by atoms with Gasteiger partial charge in [0.2, 0.25) is 0 Å². The SMILES string of the molecule is Cc1cc(Nc2ccc(F)cc2I)cc(C(=O)O)c1N. The average Bonchev–Trinajstić information content (AvgIpc) is 2.36. The van der Waals surface area contributed by atoms with Gasteiger partial charge in [0.1, 0.15) is 5.82 Å². The summed E-state index contributed by atoms with van der Waals surface area (Å²) >= 11 is 2.01. The van der Waals surface area contributed by atoms with Crippen LogP contribution in [0.3, 0.4) is 0 Å². The Morgan fingerprint density at radius 1 is 1.35 bits per heavy atom. The fourth-order valence-corrected chi connectivity index (χ4v) is 2.41. The van der Waals surface area contributed by atoms with Gasteiger partial charge in [-0.05, 0) is 65.4 Å². The first-order valence-corrected chi connectivity index (χ1v) is 6.82. The van der Waals surface area contributed by atoms with Crippen LogP contribution < -0.4 is 11.1 Å². The molecule has 2 aromatic rings. The summed E-state index contributed by atoms with van der Waals surface area (Å²) in [6.07, 6.45) is 0. The number of halogens is 2. The molecule has 0 aliphatic heterocycles. The van der Waals surface area contributed by atoms with E-state index in [4.69, 9.17) is 10.8 Å². The van der Waals surface area contributed by atoms with E-state index >= 15 is 0 Å². The predicted molar refractivity (Wildman–Crippen MR) is 85.0 cm³/mol. The second kappa shape index (κ2) is 5.66. The van der Waals surface area contributed by atoms with Crippen molar-refractivity contribution in [2.24, 2.45) is 0 Å². The maximum absolute atomic E-state index is 13.0. The lowest BCUT2D eigenvalue weighted by Crippen LogP contribution is -2.06. The van der Waals surface area contributed by atoms with Gasteiger partial charge in [-0.1, -0.05) is 0 Å². The molecule has 0 amide bonds. The molecular weight excluding hydrogens is 374 g/mol. The molecule has 4 nitrogen and oxygen atoms in total. The Labute approximate surface area is 128 Å². The van der Waals surface area contributed by atoms with E-state index in [1.165, 1.54) is 18.2 Å². The Hall–Kier alpha value is -1.83. The number of nitrogens with one attached hydrogen (secondary N) is 1. The van der Waals surface area contributed by atoms with Gasteiger partial charge in [-0.3, -0.25) is 0 Å². The fraction of sp³-hybridized carbons (Fsp3) is 0.0714. The first-order valence-electron chi connectivity index (χ1n) is 5.74. The van der Waals surface area contributed by atoms with Gasteiger partial charge in [-0.2, -0.15) is 0 Å². The van der Waals surface area contributed by atoms with E-state index in [-0.39, 0.29) is 17.1 Å². The summed E-state index contributed by atoms with van der Waals surface area (Å²) in [5, 5.41) is 12.2. The van der Waals surface area contributed by atoms with Crippen LogP contribution in [0, 0.1) is 16.3 Å². The van der Waals surface area contributed by atoms with Crippen LogP contribution in [-0.4, -0.2) is 11.1 Å². The zero-order chi connectivity index (χ0) is 14.9. The van der Waals surface area contributed by atoms with Gasteiger partial charge >= 0.3 is 5.97 Å². The molecule has 0 atom stereocenters. The molecular formula is C14H12FIN2O2. The molecule has 0 unspecified atom stereocenters. The van der Waals surface area contributed by atoms with Gasteiger partial charge in [0, 0.05) is 14.9 Å². The van der Waals surface area contributed by atoms with Crippen molar-refractivity contribution in [2.45, 2.75) is 6.92 Å². The molecule has 0 spiro atoms. The molecule has 0 aliphatic carbocycles. The van der Waals surface area contributed by atoms with Crippen LogP contribution in [0.15, 0.2) is 30.3 Å². The molecule has 0 heterocycles. The molecule has 0 aliphatic rings.